The number of benzene rings is 2. The topological polar surface area (TPSA) is 251 Å². The Balaban J connectivity index is 1.42. The van der Waals surface area contributed by atoms with Crippen molar-refractivity contribution in [1.29, 1.82) is 10.5 Å². The lowest BCUT2D eigenvalue weighted by molar-refractivity contribution is -0.141. The van der Waals surface area contributed by atoms with Gasteiger partial charge in [-0.25, -0.2) is 9.97 Å². The molecule has 0 unspecified atom stereocenters. The second-order valence-electron chi connectivity index (χ2n) is 11.0. The van der Waals surface area contributed by atoms with Crippen molar-refractivity contribution in [3.63, 3.8) is 0 Å². The van der Waals surface area contributed by atoms with Crippen molar-refractivity contribution in [1.82, 2.24) is 20.6 Å². The number of hydrogen-bond donors (Lipinski definition) is 6. The van der Waals surface area contributed by atoms with E-state index in [1.165, 1.54) is 30.0 Å². The summed E-state index contributed by atoms with van der Waals surface area (Å²) in [5.41, 5.74) is 20.0. The zero-order chi connectivity index (χ0) is 36.9. The molecule has 2 aromatic heterocycles. The lowest BCUT2D eigenvalue weighted by Crippen LogP contribution is -2.50. The van der Waals surface area contributed by atoms with Crippen molar-refractivity contribution in [3.05, 3.63) is 75.8 Å². The summed E-state index contributed by atoms with van der Waals surface area (Å²) >= 11 is 8.81. The third kappa shape index (κ3) is 10.8. The molecule has 0 aliphatic carbocycles. The van der Waals surface area contributed by atoms with Gasteiger partial charge in [0.05, 0.1) is 17.3 Å². The molecule has 0 saturated heterocycles. The van der Waals surface area contributed by atoms with Gasteiger partial charge in [-0.3, -0.25) is 14.6 Å². The number of thioether (sulfide) groups is 1. The fourth-order valence-corrected chi connectivity index (χ4v) is 6.70. The number of rotatable bonds is 17. The largest absolute Gasteiger partial charge is 0.492 e. The third-order valence-corrected chi connectivity index (χ3v) is 9.51. The Morgan fingerprint density at radius 3 is 2.41 bits per heavy atom. The Hall–Kier alpha value is -5.39. The molecule has 0 aliphatic heterocycles. The van der Waals surface area contributed by atoms with Gasteiger partial charge in [-0.05, 0) is 49.6 Å². The minimum absolute atomic E-state index is 0.00942. The van der Waals surface area contributed by atoms with Gasteiger partial charge >= 0.3 is 5.97 Å². The molecule has 17 heteroatoms. The van der Waals surface area contributed by atoms with E-state index in [9.17, 15) is 20.1 Å². The van der Waals surface area contributed by atoms with Gasteiger partial charge < -0.3 is 37.7 Å². The van der Waals surface area contributed by atoms with Crippen LogP contribution in [-0.4, -0.2) is 64.7 Å². The summed E-state index contributed by atoms with van der Waals surface area (Å²) in [6.07, 6.45) is 0.841. The number of ether oxygens (including phenoxy) is 1. The fraction of sp³-hybridized carbons (Fsp3) is 0.265. The molecule has 4 rings (SSSR count). The smallest absolute Gasteiger partial charge is 0.325 e. The van der Waals surface area contributed by atoms with Crippen LogP contribution in [0.15, 0.2) is 63.9 Å². The first-order valence-corrected chi connectivity index (χ1v) is 17.8. The van der Waals surface area contributed by atoms with E-state index in [2.05, 4.69) is 32.7 Å². The molecule has 0 fully saturated rings. The number of hydrogen-bond acceptors (Lipinski definition) is 12. The molecule has 14 nitrogen and oxygen atoms in total. The van der Waals surface area contributed by atoms with E-state index in [0.29, 0.717) is 52.1 Å². The van der Waals surface area contributed by atoms with Gasteiger partial charge in [0.15, 0.2) is 5.96 Å². The minimum atomic E-state index is -1.15. The van der Waals surface area contributed by atoms with Crippen LogP contribution in [0.4, 0.5) is 5.82 Å². The summed E-state index contributed by atoms with van der Waals surface area (Å²) in [7, 11) is 0. The summed E-state index contributed by atoms with van der Waals surface area (Å²) in [6.45, 7) is 2.14. The Morgan fingerprint density at radius 1 is 1.08 bits per heavy atom. The molecule has 0 saturated carbocycles. The fourth-order valence-electron chi connectivity index (χ4n) is 4.76. The summed E-state index contributed by atoms with van der Waals surface area (Å²) in [4.78, 5) is 36.9. The van der Waals surface area contributed by atoms with E-state index in [-0.39, 0.29) is 36.1 Å². The zero-order valence-electron chi connectivity index (χ0n) is 27.4. The van der Waals surface area contributed by atoms with E-state index in [1.807, 2.05) is 17.5 Å². The third-order valence-electron chi connectivity index (χ3n) is 7.31. The molecule has 0 radical (unpaired) electrons. The molecule has 0 aliphatic rings. The SMILES string of the molecule is C[C@@H](NC(=O)[C@H](CCCN=C(N)N)NCCOc1ccc(-c2c(C#N)c(N)nc(SCc3csc(-c4ccc(Cl)cc4)n3)c2C#N)cc1)C(=O)O. The van der Waals surface area contributed by atoms with Crippen LogP contribution >= 0.6 is 34.7 Å². The van der Waals surface area contributed by atoms with Crippen LogP contribution in [0.25, 0.3) is 21.7 Å². The van der Waals surface area contributed by atoms with Gasteiger partial charge in [0.25, 0.3) is 0 Å². The number of amides is 1. The van der Waals surface area contributed by atoms with Crippen LogP contribution in [0.3, 0.4) is 0 Å². The van der Waals surface area contributed by atoms with E-state index >= 15 is 0 Å². The quantitative estimate of drug-likeness (QED) is 0.0385. The molecule has 2 atom stereocenters. The maximum absolute atomic E-state index is 12.7. The first-order valence-electron chi connectivity index (χ1n) is 15.5. The summed E-state index contributed by atoms with van der Waals surface area (Å²) in [6, 6.07) is 16.8. The zero-order valence-corrected chi connectivity index (χ0v) is 29.8. The van der Waals surface area contributed by atoms with Crippen LogP contribution in [0, 0.1) is 22.7 Å². The van der Waals surface area contributed by atoms with Gasteiger partial charge in [0.2, 0.25) is 5.91 Å². The van der Waals surface area contributed by atoms with Crippen molar-refractivity contribution in [2.45, 2.75) is 42.6 Å². The molecular formula is C34H35ClN10O4S2. The molecule has 4 aromatic rings. The standard InChI is InChI=1S/C34H35ClN10O4S2/c1-19(33(47)48)43-30(46)27(3-2-12-42-34(39)40)41-13-14-49-24-10-6-20(7-11-24)28-25(15-36)29(38)45-32(26(28)16-37)51-18-23-17-50-31(44-23)21-4-8-22(35)9-5-21/h4-11,17,19,27,41H,2-3,12-14,18H2,1H3,(H2,38,45)(H,43,46)(H,47,48)(H4,39,40,42)/t19-,27+/m1/s1. The predicted octanol–water partition coefficient (Wildman–Crippen LogP) is 4.12. The first kappa shape index (κ1) is 38.4. The highest BCUT2D eigenvalue weighted by molar-refractivity contribution is 7.98. The Kier molecular flexibility index (Phi) is 14.0. The van der Waals surface area contributed by atoms with Crippen molar-refractivity contribution in [2.75, 3.05) is 25.4 Å². The lowest BCUT2D eigenvalue weighted by atomic mass is 9.97. The number of nitrogens with zero attached hydrogens (tertiary/aromatic N) is 5. The highest BCUT2D eigenvalue weighted by atomic mass is 35.5. The molecular weight excluding hydrogens is 712 g/mol. The number of carbonyl (C=O) groups is 2. The Morgan fingerprint density at radius 2 is 1.76 bits per heavy atom. The van der Waals surface area contributed by atoms with E-state index < -0.39 is 24.0 Å². The molecule has 0 bridgehead atoms. The number of nitrogen functional groups attached to an aromatic ring is 1. The maximum atomic E-state index is 12.7. The summed E-state index contributed by atoms with van der Waals surface area (Å²) < 4.78 is 5.86. The lowest BCUT2D eigenvalue weighted by Gasteiger charge is -2.20. The number of carboxylic acids is 1. The number of aromatic nitrogens is 2. The maximum Gasteiger partial charge on any atom is 0.325 e. The second kappa shape index (κ2) is 18.6. The second-order valence-corrected chi connectivity index (χ2v) is 13.2. The highest BCUT2D eigenvalue weighted by Crippen LogP contribution is 2.37. The van der Waals surface area contributed by atoms with Gasteiger partial charge in [0.1, 0.15) is 52.0 Å². The summed E-state index contributed by atoms with van der Waals surface area (Å²) in [5, 5.41) is 38.7. The average Bonchev–Trinajstić information content (AvgIpc) is 3.59. The monoisotopic (exact) mass is 746 g/mol. The number of thiazole rings is 1. The number of nitrogens with two attached hydrogens (primary N) is 3. The van der Waals surface area contributed by atoms with Crippen molar-refractivity contribution in [3.8, 4) is 39.6 Å². The van der Waals surface area contributed by atoms with Gasteiger partial charge in [-0.1, -0.05) is 47.6 Å². The van der Waals surface area contributed by atoms with E-state index in [4.69, 9.17) is 43.6 Å². The number of nitriles is 2. The number of aliphatic carboxylic acids is 1. The molecule has 9 N–H and O–H groups in total. The van der Waals surface area contributed by atoms with Crippen LogP contribution < -0.4 is 32.6 Å². The average molecular weight is 747 g/mol. The molecule has 264 valence electrons. The Bertz CT molecular complexity index is 1950. The highest BCUT2D eigenvalue weighted by Gasteiger charge is 2.23. The number of carbonyl (C=O) groups excluding carboxylic acids is 1. The number of halogens is 1. The molecule has 51 heavy (non-hydrogen) atoms. The minimum Gasteiger partial charge on any atom is -0.492 e. The molecule has 1 amide bonds. The van der Waals surface area contributed by atoms with Gasteiger partial charge in [-0.15, -0.1) is 11.3 Å². The predicted molar refractivity (Wildman–Crippen MR) is 198 cm³/mol. The molecule has 0 spiro atoms. The van der Waals surface area contributed by atoms with Gasteiger partial charge in [0, 0.05) is 40.4 Å². The van der Waals surface area contributed by atoms with Crippen molar-refractivity contribution in [2.24, 2.45) is 16.5 Å². The number of nitrogens with one attached hydrogen (secondary N) is 2. The molecule has 2 aromatic carbocycles. The first-order chi connectivity index (χ1) is 24.5. The van der Waals surface area contributed by atoms with Crippen molar-refractivity contribution >= 4 is 58.4 Å². The summed E-state index contributed by atoms with van der Waals surface area (Å²) in [5.74, 6) is -0.739. The number of pyridine rings is 1. The van der Waals surface area contributed by atoms with Crippen molar-refractivity contribution < 1.29 is 19.4 Å². The van der Waals surface area contributed by atoms with Crippen LogP contribution in [-0.2, 0) is 15.3 Å². The normalized spacial score (nSPS) is 11.8. The van der Waals surface area contributed by atoms with Crippen LogP contribution in [0.2, 0.25) is 5.02 Å². The number of aliphatic imine (C=N–C) groups is 1. The molecule has 2 heterocycles. The van der Waals surface area contributed by atoms with E-state index in [0.717, 1.165) is 16.3 Å². The van der Waals surface area contributed by atoms with E-state index in [1.54, 1.807) is 36.4 Å². The number of carboxylic acid groups (broad SMARTS) is 1. The van der Waals surface area contributed by atoms with Gasteiger partial charge in [-0.2, -0.15) is 10.5 Å². The number of anilines is 1. The Labute approximate surface area is 307 Å². The van der Waals surface area contributed by atoms with Crippen LogP contribution in [0.1, 0.15) is 36.6 Å². The number of guanidine groups is 1. The van der Waals surface area contributed by atoms with Crippen LogP contribution in [0.5, 0.6) is 5.75 Å².